The van der Waals surface area contributed by atoms with Crippen molar-refractivity contribution in [3.63, 3.8) is 0 Å². The Hall–Kier alpha value is -1.99. The largest absolute Gasteiger partial charge is 0.347 e. The van der Waals surface area contributed by atoms with E-state index in [9.17, 15) is 9.59 Å². The molecule has 2 fully saturated rings. The molecule has 2 aliphatic rings. The van der Waals surface area contributed by atoms with E-state index in [1.165, 1.54) is 31.2 Å². The van der Waals surface area contributed by atoms with Gasteiger partial charge in [-0.15, -0.1) is 11.3 Å². The first-order valence-corrected chi connectivity index (χ1v) is 9.54. The van der Waals surface area contributed by atoms with E-state index in [1.54, 1.807) is 24.2 Å². The van der Waals surface area contributed by atoms with Crippen molar-refractivity contribution < 1.29 is 9.59 Å². The van der Waals surface area contributed by atoms with Gasteiger partial charge in [0.25, 0.3) is 5.91 Å². The Morgan fingerprint density at radius 1 is 1.40 bits per heavy atom. The summed E-state index contributed by atoms with van der Waals surface area (Å²) < 4.78 is 0.974. The van der Waals surface area contributed by atoms with Crippen LogP contribution in [0.3, 0.4) is 0 Å². The monoisotopic (exact) mass is 358 g/mol. The van der Waals surface area contributed by atoms with Gasteiger partial charge in [-0.3, -0.25) is 9.59 Å². The lowest BCUT2D eigenvalue weighted by Gasteiger charge is -2.30. The van der Waals surface area contributed by atoms with Gasteiger partial charge in [0.05, 0.1) is 10.4 Å². The molecule has 1 N–H and O–H groups in total. The summed E-state index contributed by atoms with van der Waals surface area (Å²) in [5.74, 6) is 0.549. The summed E-state index contributed by atoms with van der Waals surface area (Å²) in [6.07, 6.45) is 4.02. The zero-order valence-corrected chi connectivity index (χ0v) is 15.3. The van der Waals surface area contributed by atoms with Crippen LogP contribution < -0.4 is 10.2 Å². The molecule has 0 saturated carbocycles. The second-order valence-electron chi connectivity index (χ2n) is 7.09. The van der Waals surface area contributed by atoms with Crippen LogP contribution in [0.4, 0.5) is 5.69 Å². The maximum atomic E-state index is 12.7. The first kappa shape index (κ1) is 16.5. The number of rotatable bonds is 3. The molecule has 7 heteroatoms. The summed E-state index contributed by atoms with van der Waals surface area (Å²) in [4.78, 5) is 32.7. The Morgan fingerprint density at radius 3 is 3.00 bits per heavy atom. The summed E-state index contributed by atoms with van der Waals surface area (Å²) in [5, 5.41) is 5.97. The third-order valence-electron chi connectivity index (χ3n) is 5.31. The Kier molecular flexibility index (Phi) is 4.21. The van der Waals surface area contributed by atoms with Crippen molar-refractivity contribution in [3.05, 3.63) is 23.3 Å². The number of pyridine rings is 1. The molecule has 2 aromatic rings. The summed E-state index contributed by atoms with van der Waals surface area (Å²) in [6, 6.07) is 2.00. The number of hydrogen-bond acceptors (Lipinski definition) is 5. The minimum Gasteiger partial charge on any atom is -0.347 e. The van der Waals surface area contributed by atoms with Crippen molar-refractivity contribution in [1.82, 2.24) is 15.2 Å². The summed E-state index contributed by atoms with van der Waals surface area (Å²) in [7, 11) is 1.75. The zero-order chi connectivity index (χ0) is 17.6. The van der Waals surface area contributed by atoms with E-state index in [4.69, 9.17) is 0 Å². The van der Waals surface area contributed by atoms with E-state index in [0.717, 1.165) is 35.3 Å². The molecule has 132 valence electrons. The maximum Gasteiger partial charge on any atom is 0.270 e. The molecule has 0 spiro atoms. The highest BCUT2D eigenvalue weighted by Crippen LogP contribution is 2.32. The van der Waals surface area contributed by atoms with Crippen molar-refractivity contribution in [2.45, 2.75) is 25.8 Å². The van der Waals surface area contributed by atoms with Crippen LogP contribution in [0, 0.1) is 5.92 Å². The average Bonchev–Trinajstić information content (AvgIpc) is 3.16. The van der Waals surface area contributed by atoms with Crippen LogP contribution in [0.1, 0.15) is 30.3 Å². The van der Waals surface area contributed by atoms with Gasteiger partial charge in [-0.2, -0.15) is 0 Å². The normalized spacial score (nSPS) is 25.1. The SMILES string of the molecule is CC(=O)N(C)c1csc2cnc(C(=O)NC3CC4CCN(C4)C3)cc12. The van der Waals surface area contributed by atoms with Crippen molar-refractivity contribution in [2.24, 2.45) is 5.92 Å². The molecule has 0 radical (unpaired) electrons. The molecule has 4 heterocycles. The van der Waals surface area contributed by atoms with E-state index in [1.807, 2.05) is 5.38 Å². The molecular weight excluding hydrogens is 336 g/mol. The van der Waals surface area contributed by atoms with Gasteiger partial charge in [-0.1, -0.05) is 0 Å². The highest BCUT2D eigenvalue weighted by atomic mass is 32.1. The summed E-state index contributed by atoms with van der Waals surface area (Å²) >= 11 is 1.53. The number of hydrogen-bond donors (Lipinski definition) is 1. The van der Waals surface area contributed by atoms with E-state index < -0.39 is 0 Å². The number of carbonyl (C=O) groups excluding carboxylic acids is 2. The molecule has 3 atom stereocenters. The number of thiophene rings is 1. The highest BCUT2D eigenvalue weighted by molar-refractivity contribution is 7.17. The molecule has 3 unspecified atom stereocenters. The van der Waals surface area contributed by atoms with E-state index in [0.29, 0.717) is 11.6 Å². The molecule has 2 aliphatic heterocycles. The van der Waals surface area contributed by atoms with Gasteiger partial charge >= 0.3 is 0 Å². The second kappa shape index (κ2) is 6.38. The van der Waals surface area contributed by atoms with Gasteiger partial charge in [0.1, 0.15) is 5.69 Å². The van der Waals surface area contributed by atoms with E-state index >= 15 is 0 Å². The van der Waals surface area contributed by atoms with Crippen molar-refractivity contribution >= 4 is 38.9 Å². The molecule has 0 aliphatic carbocycles. The van der Waals surface area contributed by atoms with Crippen LogP contribution in [-0.4, -0.2) is 54.4 Å². The first-order valence-electron chi connectivity index (χ1n) is 8.66. The minimum absolute atomic E-state index is 0.0331. The molecule has 4 rings (SSSR count). The predicted molar refractivity (Wildman–Crippen MR) is 99.1 cm³/mol. The third-order valence-corrected chi connectivity index (χ3v) is 6.23. The fourth-order valence-corrected chi connectivity index (χ4v) is 4.82. The lowest BCUT2D eigenvalue weighted by molar-refractivity contribution is -0.116. The van der Waals surface area contributed by atoms with Gasteiger partial charge in [0.2, 0.25) is 5.91 Å². The van der Waals surface area contributed by atoms with Gasteiger partial charge in [-0.25, -0.2) is 4.98 Å². The number of nitrogens with one attached hydrogen (secondary N) is 1. The van der Waals surface area contributed by atoms with Gasteiger partial charge in [0.15, 0.2) is 0 Å². The molecule has 25 heavy (non-hydrogen) atoms. The Morgan fingerprint density at radius 2 is 2.24 bits per heavy atom. The molecule has 6 nitrogen and oxygen atoms in total. The topological polar surface area (TPSA) is 65.5 Å². The lowest BCUT2D eigenvalue weighted by Crippen LogP contribution is -2.47. The maximum absolute atomic E-state index is 12.7. The second-order valence-corrected chi connectivity index (χ2v) is 8.00. The summed E-state index contributed by atoms with van der Waals surface area (Å²) in [6.45, 7) is 4.79. The smallest absolute Gasteiger partial charge is 0.270 e. The van der Waals surface area contributed by atoms with Crippen LogP contribution >= 0.6 is 11.3 Å². The summed E-state index contributed by atoms with van der Waals surface area (Å²) in [5.41, 5.74) is 1.24. The molecule has 2 aromatic heterocycles. The number of aromatic nitrogens is 1. The highest BCUT2D eigenvalue weighted by Gasteiger charge is 2.33. The van der Waals surface area contributed by atoms with Gasteiger partial charge < -0.3 is 15.1 Å². The van der Waals surface area contributed by atoms with Crippen molar-refractivity contribution in [1.29, 1.82) is 0 Å². The number of nitrogens with zero attached hydrogens (tertiary/aromatic N) is 3. The molecule has 2 amide bonds. The average molecular weight is 358 g/mol. The molecule has 2 saturated heterocycles. The van der Waals surface area contributed by atoms with Crippen LogP contribution in [0.2, 0.25) is 0 Å². The number of anilines is 1. The fourth-order valence-electron chi connectivity index (χ4n) is 3.90. The number of piperidine rings is 1. The lowest BCUT2D eigenvalue weighted by atomic mass is 9.97. The molecule has 0 aromatic carbocycles. The third kappa shape index (κ3) is 3.14. The number of fused-ring (bicyclic) bond motifs is 3. The number of amides is 2. The predicted octanol–water partition coefficient (Wildman–Crippen LogP) is 2.10. The quantitative estimate of drug-likeness (QED) is 0.913. The van der Waals surface area contributed by atoms with Crippen LogP contribution in [-0.2, 0) is 4.79 Å². The van der Waals surface area contributed by atoms with Crippen molar-refractivity contribution in [2.75, 3.05) is 31.6 Å². The Bertz CT molecular complexity index is 822. The van der Waals surface area contributed by atoms with Crippen LogP contribution in [0.5, 0.6) is 0 Å². The van der Waals surface area contributed by atoms with Crippen LogP contribution in [0.25, 0.3) is 10.1 Å². The van der Waals surface area contributed by atoms with Crippen LogP contribution in [0.15, 0.2) is 17.6 Å². The van der Waals surface area contributed by atoms with Crippen molar-refractivity contribution in [3.8, 4) is 0 Å². The zero-order valence-electron chi connectivity index (χ0n) is 14.5. The molecular formula is C18H22N4O2S. The van der Waals surface area contributed by atoms with Gasteiger partial charge in [0, 0.05) is 50.1 Å². The Labute approximate surface area is 150 Å². The van der Waals surface area contributed by atoms with E-state index in [2.05, 4.69) is 15.2 Å². The minimum atomic E-state index is -0.128. The Balaban J connectivity index is 1.55. The van der Waals surface area contributed by atoms with Gasteiger partial charge in [-0.05, 0) is 31.4 Å². The molecule has 2 bridgehead atoms. The van der Waals surface area contributed by atoms with E-state index in [-0.39, 0.29) is 17.9 Å². The standard InChI is InChI=1S/C18H22N4O2S/c1-11(23)21(2)16-10-25-17-7-19-15(6-14(16)17)18(24)20-13-5-12-3-4-22(8-12)9-13/h6-7,10,12-13H,3-5,8-9H2,1-2H3,(H,20,24). The number of carbonyl (C=O) groups is 2. The fraction of sp³-hybridized carbons (Fsp3) is 0.500. The first-order chi connectivity index (χ1) is 12.0.